The second-order valence-corrected chi connectivity index (χ2v) is 7.42. The van der Waals surface area contributed by atoms with Crippen LogP contribution in [0.25, 0.3) is 0 Å². The number of carbonyl (C=O) groups is 1. The first-order valence-electron chi connectivity index (χ1n) is 7.06. The smallest absolute Gasteiger partial charge is 0.266 e. The van der Waals surface area contributed by atoms with Crippen molar-refractivity contribution >= 4 is 46.0 Å². The number of nitrogens with one attached hydrogen (secondary N) is 1. The molecule has 0 spiro atoms. The lowest BCUT2D eigenvalue weighted by Gasteiger charge is -2.08. The summed E-state index contributed by atoms with van der Waals surface area (Å²) in [5.74, 6) is 0.375. The number of oxime groups is 1. The van der Waals surface area contributed by atoms with Gasteiger partial charge >= 0.3 is 0 Å². The zero-order valence-corrected chi connectivity index (χ0v) is 15.1. The van der Waals surface area contributed by atoms with E-state index in [-0.39, 0.29) is 11.7 Å². The van der Waals surface area contributed by atoms with Crippen LogP contribution in [0.3, 0.4) is 0 Å². The number of ether oxygens (including phenoxy) is 1. The van der Waals surface area contributed by atoms with Gasteiger partial charge in [-0.3, -0.25) is 4.79 Å². The molecule has 25 heavy (non-hydrogen) atoms. The number of amides is 1. The number of carbonyl (C=O) groups excluding carboxylic acids is 1. The van der Waals surface area contributed by atoms with Crippen molar-refractivity contribution in [1.29, 1.82) is 0 Å². The summed E-state index contributed by atoms with van der Waals surface area (Å²) in [5, 5.41) is 16.7. The highest BCUT2D eigenvalue weighted by Crippen LogP contribution is 2.20. The van der Waals surface area contributed by atoms with Gasteiger partial charge in [-0.2, -0.15) is 0 Å². The summed E-state index contributed by atoms with van der Waals surface area (Å²) in [7, 11) is 0. The minimum absolute atomic E-state index is 0.0687. The zero-order valence-electron chi connectivity index (χ0n) is 12.7. The molecule has 0 radical (unpaired) electrons. The number of aromatic nitrogens is 1. The highest BCUT2D eigenvalue weighted by Gasteiger charge is 2.12. The maximum atomic E-state index is 12.0. The van der Waals surface area contributed by atoms with Crippen LogP contribution in [0, 0.1) is 0 Å². The summed E-state index contributed by atoms with van der Waals surface area (Å²) in [5.41, 5.74) is 0.556. The second kappa shape index (κ2) is 8.11. The van der Waals surface area contributed by atoms with Gasteiger partial charge in [-0.25, -0.2) is 4.98 Å². The van der Waals surface area contributed by atoms with E-state index in [0.29, 0.717) is 27.3 Å². The van der Waals surface area contributed by atoms with Crippen molar-refractivity contribution in [2.45, 2.75) is 6.61 Å². The van der Waals surface area contributed by atoms with Gasteiger partial charge in [-0.05, 0) is 35.7 Å². The average Bonchev–Trinajstić information content (AvgIpc) is 3.30. The molecule has 128 valence electrons. The predicted octanol–water partition coefficient (Wildman–Crippen LogP) is 4.00. The fraction of sp³-hybridized carbons (Fsp3) is 0.0625. The highest BCUT2D eigenvalue weighted by molar-refractivity contribution is 7.15. The first kappa shape index (κ1) is 17.4. The summed E-state index contributed by atoms with van der Waals surface area (Å²) in [4.78, 5) is 17.4. The molecule has 6 nitrogen and oxygen atoms in total. The monoisotopic (exact) mass is 393 g/mol. The van der Waals surface area contributed by atoms with E-state index < -0.39 is 0 Å². The number of halogens is 1. The minimum atomic E-state index is -0.329. The summed E-state index contributed by atoms with van der Waals surface area (Å²) in [6.07, 6.45) is 1.66. The third kappa shape index (κ3) is 4.56. The van der Waals surface area contributed by atoms with Crippen LogP contribution in [0.5, 0.6) is 5.75 Å². The largest absolute Gasteiger partial charge is 0.488 e. The Morgan fingerprint density at radius 3 is 2.72 bits per heavy atom. The van der Waals surface area contributed by atoms with E-state index in [1.165, 1.54) is 22.7 Å². The number of rotatable bonds is 5. The van der Waals surface area contributed by atoms with Crippen molar-refractivity contribution in [3.63, 3.8) is 0 Å². The molecule has 3 rings (SSSR count). The molecule has 3 aromatic rings. The topological polar surface area (TPSA) is 83.8 Å². The third-order valence-corrected chi connectivity index (χ3v) is 5.07. The van der Waals surface area contributed by atoms with Crippen molar-refractivity contribution in [3.05, 3.63) is 67.8 Å². The first-order chi connectivity index (χ1) is 12.2. The van der Waals surface area contributed by atoms with Gasteiger partial charge < -0.3 is 15.3 Å². The molecule has 0 atom stereocenters. The molecule has 0 aliphatic rings. The summed E-state index contributed by atoms with van der Waals surface area (Å²) < 4.78 is 6.11. The van der Waals surface area contributed by atoms with Gasteiger partial charge in [-0.1, -0.05) is 22.8 Å². The van der Waals surface area contributed by atoms with Crippen molar-refractivity contribution in [3.8, 4) is 5.75 Å². The van der Waals surface area contributed by atoms with E-state index in [0.717, 1.165) is 4.88 Å². The first-order valence-corrected chi connectivity index (χ1v) is 9.13. The lowest BCUT2D eigenvalue weighted by molar-refractivity contribution is 0.0979. The Kier molecular flexibility index (Phi) is 5.64. The molecule has 2 aromatic heterocycles. The van der Waals surface area contributed by atoms with Gasteiger partial charge in [-0.15, -0.1) is 22.7 Å². The normalized spacial score (nSPS) is 11.3. The van der Waals surface area contributed by atoms with E-state index in [2.05, 4.69) is 15.5 Å². The van der Waals surface area contributed by atoms with Crippen LogP contribution in [0.15, 0.2) is 53.1 Å². The highest BCUT2D eigenvalue weighted by atomic mass is 35.5. The molecule has 0 saturated heterocycles. The minimum Gasteiger partial charge on any atom is -0.488 e. The number of thiophene rings is 1. The van der Waals surface area contributed by atoms with Gasteiger partial charge in [0.25, 0.3) is 5.91 Å². The molecule has 1 amide bonds. The molecule has 0 unspecified atom stereocenters. The maximum absolute atomic E-state index is 12.0. The van der Waals surface area contributed by atoms with Crippen molar-refractivity contribution < 1.29 is 14.7 Å². The van der Waals surface area contributed by atoms with Crippen molar-refractivity contribution in [2.24, 2.45) is 5.16 Å². The van der Waals surface area contributed by atoms with Crippen molar-refractivity contribution in [1.82, 2.24) is 10.3 Å². The fourth-order valence-corrected chi connectivity index (χ4v) is 3.46. The van der Waals surface area contributed by atoms with E-state index >= 15 is 0 Å². The van der Waals surface area contributed by atoms with Gasteiger partial charge in [0, 0.05) is 11.8 Å². The number of hydrogen-bond acceptors (Lipinski definition) is 7. The Balaban J connectivity index is 1.62. The van der Waals surface area contributed by atoms with Gasteiger partial charge in [0.15, 0.2) is 10.3 Å². The van der Waals surface area contributed by atoms with E-state index in [9.17, 15) is 10.0 Å². The molecule has 2 heterocycles. The van der Waals surface area contributed by atoms with Crippen LogP contribution in [0.1, 0.15) is 20.1 Å². The lowest BCUT2D eigenvalue weighted by Crippen LogP contribution is -2.30. The molecule has 0 bridgehead atoms. The van der Waals surface area contributed by atoms with Gasteiger partial charge in [0.1, 0.15) is 12.4 Å². The summed E-state index contributed by atoms with van der Waals surface area (Å²) in [6, 6.07) is 10.3. The van der Waals surface area contributed by atoms with Crippen LogP contribution in [0.4, 0.5) is 0 Å². The molecule has 2 N–H and O–H groups in total. The second-order valence-electron chi connectivity index (χ2n) is 4.77. The Morgan fingerprint density at radius 1 is 1.32 bits per heavy atom. The van der Waals surface area contributed by atoms with E-state index in [1.54, 1.807) is 48.0 Å². The lowest BCUT2D eigenvalue weighted by atomic mass is 10.2. The average molecular weight is 394 g/mol. The Labute approximate surface area is 156 Å². The molecule has 9 heteroatoms. The standard InChI is InChI=1S/C16H12ClN3O3S2/c17-16-18-8-12(25-16)9-23-11-5-3-10(4-6-11)14(20-22)19-15(21)13-2-1-7-24-13/h1-8,22H,9H2,(H,19,20,21). The number of benzene rings is 1. The molecule has 0 fully saturated rings. The van der Waals surface area contributed by atoms with Crippen LogP contribution >= 0.6 is 34.3 Å². The molecule has 0 aliphatic heterocycles. The van der Waals surface area contributed by atoms with Gasteiger partial charge in [0.05, 0.1) is 9.75 Å². The van der Waals surface area contributed by atoms with Crippen molar-refractivity contribution in [2.75, 3.05) is 0 Å². The fourth-order valence-electron chi connectivity index (χ4n) is 1.95. The Bertz CT molecular complexity index is 876. The predicted molar refractivity (Wildman–Crippen MR) is 98.0 cm³/mol. The van der Waals surface area contributed by atoms with E-state index in [1.807, 2.05) is 0 Å². The van der Waals surface area contributed by atoms with Crippen LogP contribution in [0.2, 0.25) is 4.47 Å². The zero-order chi connectivity index (χ0) is 17.6. The van der Waals surface area contributed by atoms with Crippen LogP contribution in [-0.4, -0.2) is 21.9 Å². The number of thiazole rings is 1. The van der Waals surface area contributed by atoms with Crippen LogP contribution in [-0.2, 0) is 6.61 Å². The van der Waals surface area contributed by atoms with E-state index in [4.69, 9.17) is 16.3 Å². The van der Waals surface area contributed by atoms with Gasteiger partial charge in [0.2, 0.25) is 0 Å². The number of amidine groups is 1. The molecule has 1 aromatic carbocycles. The molecular weight excluding hydrogens is 382 g/mol. The number of nitrogens with zero attached hydrogens (tertiary/aromatic N) is 2. The summed E-state index contributed by atoms with van der Waals surface area (Å²) in [6.45, 7) is 0.361. The molecule has 0 saturated carbocycles. The number of hydrogen-bond donors (Lipinski definition) is 2. The SMILES string of the molecule is O=C(N/C(=N/O)c1ccc(OCc2cnc(Cl)s2)cc1)c1cccs1. The Morgan fingerprint density at radius 2 is 2.12 bits per heavy atom. The Hall–Kier alpha value is -2.42. The summed E-state index contributed by atoms with van der Waals surface area (Å²) >= 11 is 8.43. The molecular formula is C16H12ClN3O3S2. The third-order valence-electron chi connectivity index (χ3n) is 3.11. The van der Waals surface area contributed by atoms with Crippen LogP contribution < -0.4 is 10.1 Å². The maximum Gasteiger partial charge on any atom is 0.266 e. The molecule has 0 aliphatic carbocycles. The quantitative estimate of drug-likeness (QED) is 0.297.